The second-order valence-corrected chi connectivity index (χ2v) is 5.44. The van der Waals surface area contributed by atoms with Gasteiger partial charge in [0, 0.05) is 32.6 Å². The van der Waals surface area contributed by atoms with Gasteiger partial charge in [0.05, 0.1) is 17.7 Å². The molecule has 1 unspecified atom stereocenters. The van der Waals surface area contributed by atoms with Gasteiger partial charge in [0.25, 0.3) is 0 Å². The lowest BCUT2D eigenvalue weighted by molar-refractivity contribution is 0.107. The van der Waals surface area contributed by atoms with Gasteiger partial charge in [-0.15, -0.1) is 0 Å². The molecule has 1 N–H and O–H groups in total. The zero-order valence-electron chi connectivity index (χ0n) is 12.3. The van der Waals surface area contributed by atoms with Crippen molar-refractivity contribution in [1.29, 1.82) is 5.26 Å². The van der Waals surface area contributed by atoms with Crippen LogP contribution in [0.5, 0.6) is 0 Å². The quantitative estimate of drug-likeness (QED) is 0.941. The van der Waals surface area contributed by atoms with E-state index >= 15 is 0 Å². The minimum absolute atomic E-state index is 0.0783. The van der Waals surface area contributed by atoms with Crippen LogP contribution in [0.15, 0.2) is 30.6 Å². The number of ether oxygens (including phenoxy) is 1. The molecule has 1 aliphatic rings. The predicted molar refractivity (Wildman–Crippen MR) is 78.3 cm³/mol. The summed E-state index contributed by atoms with van der Waals surface area (Å²) in [5.74, 6) is 0.423. The molecule has 0 amide bonds. The third kappa shape index (κ3) is 2.86. The first kappa shape index (κ1) is 14.7. The van der Waals surface area contributed by atoms with E-state index in [1.165, 1.54) is 6.07 Å². The monoisotopic (exact) mass is 300 g/mol. The van der Waals surface area contributed by atoms with Crippen molar-refractivity contribution in [3.8, 4) is 6.07 Å². The molecule has 0 aliphatic carbocycles. The third-order valence-electron chi connectivity index (χ3n) is 4.07. The van der Waals surface area contributed by atoms with E-state index in [4.69, 9.17) is 10.00 Å². The highest BCUT2D eigenvalue weighted by atomic mass is 19.1. The molecule has 1 fully saturated rings. The molecule has 3 rings (SSSR count). The van der Waals surface area contributed by atoms with E-state index in [1.54, 1.807) is 31.6 Å². The van der Waals surface area contributed by atoms with E-state index in [1.807, 2.05) is 6.07 Å². The fourth-order valence-electron chi connectivity index (χ4n) is 2.94. The Kier molecular flexibility index (Phi) is 4.18. The van der Waals surface area contributed by atoms with E-state index in [0.717, 1.165) is 24.4 Å². The second kappa shape index (κ2) is 6.26. The smallest absolute Gasteiger partial charge is 0.140 e. The second-order valence-electron chi connectivity index (χ2n) is 5.44. The van der Waals surface area contributed by atoms with Gasteiger partial charge < -0.3 is 9.72 Å². The zero-order chi connectivity index (χ0) is 15.5. The van der Waals surface area contributed by atoms with Crippen LogP contribution in [0.25, 0.3) is 0 Å². The zero-order valence-corrected chi connectivity index (χ0v) is 12.3. The molecule has 2 heterocycles. The molecule has 22 heavy (non-hydrogen) atoms. The van der Waals surface area contributed by atoms with Crippen molar-refractivity contribution in [2.75, 3.05) is 13.7 Å². The van der Waals surface area contributed by atoms with Gasteiger partial charge in [-0.1, -0.05) is 6.07 Å². The van der Waals surface area contributed by atoms with Crippen LogP contribution in [0.2, 0.25) is 0 Å². The molecule has 6 heteroatoms. The fraction of sp³-hybridized carbons (Fsp3) is 0.375. The van der Waals surface area contributed by atoms with Gasteiger partial charge in [0.1, 0.15) is 17.7 Å². The number of H-pyrrole nitrogens is 1. The number of hydrogen-bond donors (Lipinski definition) is 1. The van der Waals surface area contributed by atoms with Crippen molar-refractivity contribution in [2.24, 2.45) is 0 Å². The number of rotatable bonds is 4. The largest absolute Gasteiger partial charge is 0.380 e. The molecule has 0 bridgehead atoms. The van der Waals surface area contributed by atoms with Crippen molar-refractivity contribution >= 4 is 0 Å². The van der Waals surface area contributed by atoms with E-state index in [9.17, 15) is 4.39 Å². The number of hydrogen-bond acceptors (Lipinski definition) is 4. The molecule has 114 valence electrons. The van der Waals surface area contributed by atoms with Gasteiger partial charge in [-0.25, -0.2) is 9.37 Å². The van der Waals surface area contributed by atoms with E-state index in [-0.39, 0.29) is 17.7 Å². The first-order chi connectivity index (χ1) is 10.7. The molecule has 1 aromatic carbocycles. The third-order valence-corrected chi connectivity index (χ3v) is 4.07. The summed E-state index contributed by atoms with van der Waals surface area (Å²) in [7, 11) is 1.71. The molecule has 0 saturated carbocycles. The van der Waals surface area contributed by atoms with Gasteiger partial charge in [-0.2, -0.15) is 5.26 Å². The minimum Gasteiger partial charge on any atom is -0.380 e. The first-order valence-corrected chi connectivity index (χ1v) is 7.16. The maximum absolute atomic E-state index is 13.4. The van der Waals surface area contributed by atoms with Crippen molar-refractivity contribution in [3.05, 3.63) is 53.4 Å². The molecule has 2 aromatic rings. The number of benzene rings is 1. The summed E-state index contributed by atoms with van der Waals surface area (Å²) in [6.45, 7) is 1.40. The molecular weight excluding hydrogens is 283 g/mol. The van der Waals surface area contributed by atoms with Crippen LogP contribution in [0, 0.1) is 17.1 Å². The molecule has 1 aliphatic heterocycles. The highest BCUT2D eigenvalue weighted by molar-refractivity contribution is 5.34. The minimum atomic E-state index is -0.481. The Labute approximate surface area is 128 Å². The van der Waals surface area contributed by atoms with Crippen molar-refractivity contribution < 1.29 is 9.13 Å². The van der Waals surface area contributed by atoms with Gasteiger partial charge in [0.15, 0.2) is 0 Å². The van der Waals surface area contributed by atoms with Gasteiger partial charge in [-0.3, -0.25) is 4.90 Å². The average Bonchev–Trinajstić information content (AvgIpc) is 3.18. The van der Waals surface area contributed by atoms with E-state index in [2.05, 4.69) is 14.9 Å². The molecule has 2 atom stereocenters. The van der Waals surface area contributed by atoms with E-state index in [0.29, 0.717) is 6.54 Å². The average molecular weight is 300 g/mol. The van der Waals surface area contributed by atoms with Crippen LogP contribution in [0.1, 0.15) is 29.4 Å². The van der Waals surface area contributed by atoms with Gasteiger partial charge >= 0.3 is 0 Å². The van der Waals surface area contributed by atoms with Crippen LogP contribution in [0.3, 0.4) is 0 Å². The predicted octanol–water partition coefficient (Wildman–Crippen LogP) is 2.38. The number of imidazole rings is 1. The number of likely N-dealkylation sites (tertiary alicyclic amines) is 1. The number of nitrogens with zero attached hydrogens (tertiary/aromatic N) is 3. The summed E-state index contributed by atoms with van der Waals surface area (Å²) in [5, 5.41) is 8.95. The lowest BCUT2D eigenvalue weighted by Crippen LogP contribution is -2.25. The topological polar surface area (TPSA) is 64.9 Å². The Bertz CT molecular complexity index is 680. The molecule has 5 nitrogen and oxygen atoms in total. The lowest BCUT2D eigenvalue weighted by atomic mass is 10.1. The summed E-state index contributed by atoms with van der Waals surface area (Å²) in [6, 6.07) is 6.69. The Morgan fingerprint density at radius 3 is 3.09 bits per heavy atom. The van der Waals surface area contributed by atoms with Gasteiger partial charge in [0.2, 0.25) is 0 Å². The summed E-state index contributed by atoms with van der Waals surface area (Å²) in [6.07, 6.45) is 4.54. The van der Waals surface area contributed by atoms with Crippen LogP contribution in [0.4, 0.5) is 4.39 Å². The highest BCUT2D eigenvalue weighted by Gasteiger charge is 2.34. The first-order valence-electron chi connectivity index (χ1n) is 7.16. The molecule has 1 aromatic heterocycles. The Hall–Kier alpha value is -2.23. The highest BCUT2D eigenvalue weighted by Crippen LogP contribution is 2.32. The summed E-state index contributed by atoms with van der Waals surface area (Å²) >= 11 is 0. The van der Waals surface area contributed by atoms with Crippen LogP contribution in [-0.2, 0) is 11.3 Å². The molecule has 1 saturated heterocycles. The van der Waals surface area contributed by atoms with E-state index < -0.39 is 5.82 Å². The Balaban J connectivity index is 1.82. The van der Waals surface area contributed by atoms with Gasteiger partial charge in [-0.05, 0) is 24.1 Å². The number of aromatic nitrogens is 2. The summed E-state index contributed by atoms with van der Waals surface area (Å²) in [4.78, 5) is 9.73. The van der Waals surface area contributed by atoms with Crippen LogP contribution >= 0.6 is 0 Å². The fourth-order valence-corrected chi connectivity index (χ4v) is 2.94. The molecule has 0 radical (unpaired) electrons. The maximum Gasteiger partial charge on any atom is 0.140 e. The Morgan fingerprint density at radius 2 is 2.41 bits per heavy atom. The summed E-state index contributed by atoms with van der Waals surface area (Å²) in [5.41, 5.74) is 0.987. The Morgan fingerprint density at radius 1 is 1.55 bits per heavy atom. The van der Waals surface area contributed by atoms with Crippen molar-refractivity contribution in [3.63, 3.8) is 0 Å². The number of nitrogens with one attached hydrogen (secondary N) is 1. The molecular formula is C16H17FN4O. The lowest BCUT2D eigenvalue weighted by Gasteiger charge is -2.22. The SMILES string of the molecule is CO[C@@H]1CC(c2ncc[nH]2)N(Cc2ccc(F)c(C#N)c2)C1. The standard InChI is InChI=1S/C16H17FN4O/c1-22-13-7-15(16-19-4-5-20-16)21(10-13)9-11-2-3-14(17)12(6-11)8-18/h2-6,13,15H,7,9-10H2,1H3,(H,19,20)/t13-,15?/m1/s1. The molecule has 0 spiro atoms. The number of nitriles is 1. The van der Waals surface area contributed by atoms with Crippen LogP contribution in [-0.4, -0.2) is 34.6 Å². The van der Waals surface area contributed by atoms with Crippen LogP contribution < -0.4 is 0 Å². The number of methoxy groups -OCH3 is 1. The van der Waals surface area contributed by atoms with Crippen molar-refractivity contribution in [1.82, 2.24) is 14.9 Å². The maximum atomic E-state index is 13.4. The van der Waals surface area contributed by atoms with Crippen molar-refractivity contribution in [2.45, 2.75) is 25.1 Å². The summed E-state index contributed by atoms with van der Waals surface area (Å²) < 4.78 is 18.9. The number of halogens is 1. The number of aromatic amines is 1. The normalized spacial score (nSPS) is 21.9.